The Morgan fingerprint density at radius 3 is 2.52 bits per heavy atom. The van der Waals surface area contributed by atoms with E-state index < -0.39 is 10.0 Å². The maximum atomic E-state index is 13.5. The first-order chi connectivity index (χ1) is 15.9. The number of nitrogens with two attached hydrogens (primary N) is 1. The van der Waals surface area contributed by atoms with Crippen LogP contribution >= 0.6 is 11.3 Å². The lowest BCUT2D eigenvalue weighted by Gasteiger charge is -2.25. The van der Waals surface area contributed by atoms with Crippen molar-refractivity contribution in [3.63, 3.8) is 0 Å². The van der Waals surface area contributed by atoms with Crippen molar-refractivity contribution in [3.05, 3.63) is 77.4 Å². The van der Waals surface area contributed by atoms with E-state index in [2.05, 4.69) is 20.3 Å². The number of anilines is 4. The smallest absolute Gasteiger partial charge is 0.274 e. The van der Waals surface area contributed by atoms with Crippen LogP contribution in [-0.4, -0.2) is 30.5 Å². The minimum atomic E-state index is -3.92. The number of aryl methyl sites for hydroxylation is 1. The maximum Gasteiger partial charge on any atom is 0.274 e. The second-order valence-corrected chi connectivity index (χ2v) is 10.0. The van der Waals surface area contributed by atoms with Gasteiger partial charge in [-0.2, -0.15) is 15.0 Å². The van der Waals surface area contributed by atoms with Gasteiger partial charge in [0.15, 0.2) is 5.82 Å². The summed E-state index contributed by atoms with van der Waals surface area (Å²) >= 11 is 1.13. The number of hydrogen-bond acceptors (Lipinski definition) is 9. The number of nitrogens with one attached hydrogen (secondary N) is 1. The van der Waals surface area contributed by atoms with Crippen molar-refractivity contribution in [2.75, 3.05) is 22.5 Å². The summed E-state index contributed by atoms with van der Waals surface area (Å²) < 4.78 is 33.9. The third kappa shape index (κ3) is 4.89. The number of thiophene rings is 1. The zero-order valence-electron chi connectivity index (χ0n) is 18.0. The van der Waals surface area contributed by atoms with Crippen molar-refractivity contribution in [1.82, 2.24) is 15.0 Å². The van der Waals surface area contributed by atoms with Crippen LogP contribution in [0.15, 0.2) is 70.3 Å². The molecule has 0 spiro atoms. The van der Waals surface area contributed by atoms with Gasteiger partial charge in [-0.15, -0.1) is 11.3 Å². The number of benzene rings is 2. The number of sulfonamides is 1. The average Bonchev–Trinajstić information content (AvgIpc) is 3.35. The summed E-state index contributed by atoms with van der Waals surface area (Å²) in [6, 6.07) is 17.7. The molecule has 33 heavy (non-hydrogen) atoms. The third-order valence-electron chi connectivity index (χ3n) is 4.77. The molecule has 0 saturated carbocycles. The normalized spacial score (nSPS) is 11.2. The quantitative estimate of drug-likeness (QED) is 0.387. The van der Waals surface area contributed by atoms with Crippen molar-refractivity contribution < 1.29 is 13.2 Å². The van der Waals surface area contributed by atoms with Crippen LogP contribution in [0.25, 0.3) is 0 Å². The van der Waals surface area contributed by atoms with E-state index in [4.69, 9.17) is 10.5 Å². The summed E-state index contributed by atoms with van der Waals surface area (Å²) in [4.78, 5) is 12.8. The summed E-state index contributed by atoms with van der Waals surface area (Å²) in [7, 11) is -2.44. The molecule has 0 amide bonds. The Kier molecular flexibility index (Phi) is 6.43. The number of nitrogens with zero attached hydrogens (tertiary/aromatic N) is 4. The monoisotopic (exact) mass is 482 g/mol. The molecule has 3 N–H and O–H groups in total. The Morgan fingerprint density at radius 2 is 1.79 bits per heavy atom. The first-order valence-electron chi connectivity index (χ1n) is 9.91. The largest absolute Gasteiger partial charge is 0.495 e. The van der Waals surface area contributed by atoms with Gasteiger partial charge in [-0.25, -0.2) is 8.42 Å². The molecule has 2 aromatic carbocycles. The van der Waals surface area contributed by atoms with Gasteiger partial charge in [0.05, 0.1) is 19.3 Å². The molecule has 0 aliphatic rings. The van der Waals surface area contributed by atoms with Gasteiger partial charge >= 0.3 is 0 Å². The van der Waals surface area contributed by atoms with Crippen LogP contribution in [0, 0.1) is 6.92 Å². The predicted octanol–water partition coefficient (Wildman–Crippen LogP) is 3.97. The fourth-order valence-electron chi connectivity index (χ4n) is 3.18. The summed E-state index contributed by atoms with van der Waals surface area (Å²) in [6.45, 7) is 1.78. The number of methoxy groups -OCH3 is 1. The molecule has 4 rings (SSSR count). The van der Waals surface area contributed by atoms with E-state index in [0.717, 1.165) is 22.6 Å². The lowest BCUT2D eigenvalue weighted by Crippen LogP contribution is -2.31. The second-order valence-electron chi connectivity index (χ2n) is 6.99. The van der Waals surface area contributed by atoms with E-state index in [0.29, 0.717) is 11.4 Å². The van der Waals surface area contributed by atoms with Crippen LogP contribution in [0.1, 0.15) is 11.4 Å². The fraction of sp³-hybridized carbons (Fsp3) is 0.136. The molecular formula is C22H22N6O3S2. The molecule has 0 saturated heterocycles. The predicted molar refractivity (Wildman–Crippen MR) is 129 cm³/mol. The minimum absolute atomic E-state index is 0.0235. The van der Waals surface area contributed by atoms with Gasteiger partial charge < -0.3 is 15.8 Å². The van der Waals surface area contributed by atoms with Gasteiger partial charge in [-0.05, 0) is 42.1 Å². The third-order valence-corrected chi connectivity index (χ3v) is 7.90. The molecule has 0 fully saturated rings. The molecular weight excluding hydrogens is 460 g/mol. The number of para-hydroxylation sites is 3. The van der Waals surface area contributed by atoms with E-state index >= 15 is 0 Å². The zero-order chi connectivity index (χ0) is 23.4. The lowest BCUT2D eigenvalue weighted by atomic mass is 10.2. The Balaban J connectivity index is 1.75. The van der Waals surface area contributed by atoms with Crippen LogP contribution in [0.5, 0.6) is 5.75 Å². The Morgan fingerprint density at radius 1 is 1.03 bits per heavy atom. The summed E-state index contributed by atoms with van der Waals surface area (Å²) in [5.41, 5.74) is 8.10. The number of ether oxygens (including phenoxy) is 1. The zero-order valence-corrected chi connectivity index (χ0v) is 19.6. The highest BCUT2D eigenvalue weighted by Gasteiger charge is 2.29. The van der Waals surface area contributed by atoms with Gasteiger partial charge in [0.2, 0.25) is 11.9 Å². The summed E-state index contributed by atoms with van der Waals surface area (Å²) in [5.74, 6) is 0.785. The topological polar surface area (TPSA) is 123 Å². The van der Waals surface area contributed by atoms with E-state index in [-0.39, 0.29) is 28.5 Å². The average molecular weight is 483 g/mol. The standard InChI is InChI=1S/C22H22N6O3S2/c1-15-8-3-4-9-16(15)24-22-26-19(25-21(23)27-22)14-28(17-10-5-6-11-18(17)31-2)33(29,30)20-12-7-13-32-20/h3-13H,14H2,1-2H3,(H3,23,24,25,26,27). The number of aromatic nitrogens is 3. The maximum absolute atomic E-state index is 13.5. The fourth-order valence-corrected chi connectivity index (χ4v) is 5.72. The van der Waals surface area contributed by atoms with Gasteiger partial charge in [0, 0.05) is 5.69 Å². The van der Waals surface area contributed by atoms with Gasteiger partial charge in [-0.1, -0.05) is 36.4 Å². The highest BCUT2D eigenvalue weighted by Crippen LogP contribution is 2.34. The molecule has 0 unspecified atom stereocenters. The van der Waals surface area contributed by atoms with Crippen LogP contribution in [-0.2, 0) is 16.6 Å². The molecule has 4 aromatic rings. The van der Waals surface area contributed by atoms with Crippen LogP contribution in [0.4, 0.5) is 23.3 Å². The Labute approximate surface area is 196 Å². The molecule has 11 heteroatoms. The molecule has 0 atom stereocenters. The van der Waals surface area contributed by atoms with Crippen molar-refractivity contribution in [2.45, 2.75) is 17.7 Å². The molecule has 9 nitrogen and oxygen atoms in total. The minimum Gasteiger partial charge on any atom is -0.495 e. The number of rotatable bonds is 8. The summed E-state index contributed by atoms with van der Waals surface area (Å²) in [6.07, 6.45) is 0. The van der Waals surface area contributed by atoms with Crippen LogP contribution < -0.4 is 20.1 Å². The van der Waals surface area contributed by atoms with E-state index in [1.807, 2.05) is 31.2 Å². The number of nitrogen functional groups attached to an aromatic ring is 1. The molecule has 0 radical (unpaired) electrons. The first-order valence-corrected chi connectivity index (χ1v) is 12.2. The van der Waals surface area contributed by atoms with Crippen molar-refractivity contribution >= 4 is 44.6 Å². The molecule has 2 aromatic heterocycles. The number of hydrogen-bond donors (Lipinski definition) is 2. The van der Waals surface area contributed by atoms with Crippen molar-refractivity contribution in [2.24, 2.45) is 0 Å². The first kappa shape index (κ1) is 22.5. The molecule has 170 valence electrons. The Bertz CT molecular complexity index is 1360. The lowest BCUT2D eigenvalue weighted by molar-refractivity contribution is 0.415. The molecule has 0 aliphatic carbocycles. The van der Waals surface area contributed by atoms with E-state index in [1.165, 1.54) is 11.4 Å². The Hall–Kier alpha value is -3.70. The van der Waals surface area contributed by atoms with Crippen molar-refractivity contribution in [1.29, 1.82) is 0 Å². The highest BCUT2D eigenvalue weighted by atomic mass is 32.2. The van der Waals surface area contributed by atoms with Gasteiger partial charge in [0.1, 0.15) is 9.96 Å². The molecule has 2 heterocycles. The highest BCUT2D eigenvalue weighted by molar-refractivity contribution is 7.94. The van der Waals surface area contributed by atoms with E-state index in [9.17, 15) is 8.42 Å². The SMILES string of the molecule is COc1ccccc1N(Cc1nc(N)nc(Nc2ccccc2C)n1)S(=O)(=O)c1cccs1. The van der Waals surface area contributed by atoms with Gasteiger partial charge in [0.25, 0.3) is 10.0 Å². The van der Waals surface area contributed by atoms with Crippen molar-refractivity contribution in [3.8, 4) is 5.75 Å². The van der Waals surface area contributed by atoms with Crippen LogP contribution in [0.3, 0.4) is 0 Å². The summed E-state index contributed by atoms with van der Waals surface area (Å²) in [5, 5.41) is 4.83. The molecule has 0 aliphatic heterocycles. The molecule has 0 bridgehead atoms. The van der Waals surface area contributed by atoms with Crippen LogP contribution in [0.2, 0.25) is 0 Å². The van der Waals surface area contributed by atoms with Gasteiger partial charge in [-0.3, -0.25) is 4.31 Å². The second kappa shape index (κ2) is 9.43. The van der Waals surface area contributed by atoms with E-state index in [1.54, 1.807) is 41.8 Å².